The van der Waals surface area contributed by atoms with Gasteiger partial charge in [-0.05, 0) is 38.5 Å². The zero-order valence-electron chi connectivity index (χ0n) is 11.0. The summed E-state index contributed by atoms with van der Waals surface area (Å²) in [4.78, 5) is 0. The van der Waals surface area contributed by atoms with Gasteiger partial charge in [0.05, 0.1) is 12.2 Å². The molecule has 1 heteroatoms. The first-order valence-electron chi connectivity index (χ1n) is 6.18. The Kier molecular flexibility index (Phi) is 3.99. The van der Waals surface area contributed by atoms with Gasteiger partial charge in [-0.2, -0.15) is 0 Å². The average molecular weight is 210 g/mol. The fourth-order valence-corrected chi connectivity index (χ4v) is 1.80. The van der Waals surface area contributed by atoms with Crippen molar-refractivity contribution >= 4 is 0 Å². The van der Waals surface area contributed by atoms with Gasteiger partial charge >= 0.3 is 0 Å². The molecule has 1 atom stereocenters. The molecule has 0 spiro atoms. The minimum atomic E-state index is -0.000556. The molecule has 0 aliphatic heterocycles. The van der Waals surface area contributed by atoms with Gasteiger partial charge in [0, 0.05) is 5.92 Å². The van der Waals surface area contributed by atoms with Crippen molar-refractivity contribution in [3.63, 3.8) is 0 Å². The van der Waals surface area contributed by atoms with Gasteiger partial charge in [-0.1, -0.05) is 32.9 Å². The van der Waals surface area contributed by atoms with Crippen LogP contribution in [0.4, 0.5) is 0 Å². The Morgan fingerprint density at radius 2 is 1.93 bits per heavy atom. The highest BCUT2D eigenvalue weighted by Crippen LogP contribution is 2.33. The van der Waals surface area contributed by atoms with Gasteiger partial charge < -0.3 is 4.74 Å². The molecule has 0 aromatic heterocycles. The summed E-state index contributed by atoms with van der Waals surface area (Å²) in [5.74, 6) is 0.602. The van der Waals surface area contributed by atoms with Gasteiger partial charge in [0.2, 0.25) is 0 Å². The fraction of sp³-hybridized carbons (Fsp3) is 0.857. The molecule has 1 nitrogen and oxygen atoms in total. The van der Waals surface area contributed by atoms with Crippen LogP contribution in [0.15, 0.2) is 12.2 Å². The minimum Gasteiger partial charge on any atom is -0.374 e. The number of hydrogen-bond acceptors (Lipinski definition) is 1. The number of ether oxygens (including phenoxy) is 1. The Labute approximate surface area is 94.9 Å². The third kappa shape index (κ3) is 3.64. The lowest BCUT2D eigenvalue weighted by Crippen LogP contribution is -2.36. The Morgan fingerprint density at radius 1 is 1.27 bits per heavy atom. The summed E-state index contributed by atoms with van der Waals surface area (Å²) in [7, 11) is 0. The van der Waals surface area contributed by atoms with Gasteiger partial charge in [0.15, 0.2) is 0 Å². The van der Waals surface area contributed by atoms with Gasteiger partial charge in [0.25, 0.3) is 0 Å². The predicted molar refractivity (Wildman–Crippen MR) is 66.0 cm³/mol. The molecule has 0 saturated carbocycles. The predicted octanol–water partition coefficient (Wildman–Crippen LogP) is 4.18. The molecule has 0 aromatic rings. The van der Waals surface area contributed by atoms with Crippen molar-refractivity contribution in [3.05, 3.63) is 12.2 Å². The molecule has 0 bridgehead atoms. The van der Waals surface area contributed by atoms with E-state index in [4.69, 9.17) is 4.74 Å². The third-order valence-corrected chi connectivity index (χ3v) is 3.70. The Balaban J connectivity index is 2.45. The zero-order chi connectivity index (χ0) is 11.5. The molecule has 0 aromatic carbocycles. The van der Waals surface area contributed by atoms with Crippen LogP contribution >= 0.6 is 0 Å². The van der Waals surface area contributed by atoms with Crippen LogP contribution in [0.1, 0.15) is 53.9 Å². The Morgan fingerprint density at radius 3 is 2.40 bits per heavy atom. The molecule has 0 N–H and O–H groups in total. The molecule has 0 saturated heterocycles. The molecular weight excluding hydrogens is 184 g/mol. The first-order valence-corrected chi connectivity index (χ1v) is 6.18. The Hall–Kier alpha value is -0.300. The van der Waals surface area contributed by atoms with Crippen LogP contribution < -0.4 is 0 Å². The average Bonchev–Trinajstić information content (AvgIpc) is 2.69. The topological polar surface area (TPSA) is 9.23 Å². The summed E-state index contributed by atoms with van der Waals surface area (Å²) in [6, 6.07) is 0. The maximum absolute atomic E-state index is 6.12. The van der Waals surface area contributed by atoms with Crippen LogP contribution in [0.25, 0.3) is 0 Å². The van der Waals surface area contributed by atoms with E-state index in [-0.39, 0.29) is 5.60 Å². The highest BCUT2D eigenvalue weighted by atomic mass is 16.5. The van der Waals surface area contributed by atoms with Crippen LogP contribution in [0.3, 0.4) is 0 Å². The molecule has 0 amide bonds. The fourth-order valence-electron chi connectivity index (χ4n) is 1.80. The first-order chi connectivity index (χ1) is 6.87. The molecule has 1 aliphatic rings. The van der Waals surface area contributed by atoms with Crippen molar-refractivity contribution in [3.8, 4) is 0 Å². The SMILES string of the molecule is CCC(C)(C)COC(C)(C)C1C=CCC1. The van der Waals surface area contributed by atoms with Gasteiger partial charge in [0.1, 0.15) is 0 Å². The van der Waals surface area contributed by atoms with E-state index in [9.17, 15) is 0 Å². The molecule has 88 valence electrons. The van der Waals surface area contributed by atoms with E-state index in [0.29, 0.717) is 11.3 Å². The maximum atomic E-state index is 6.12. The van der Waals surface area contributed by atoms with E-state index >= 15 is 0 Å². The van der Waals surface area contributed by atoms with E-state index < -0.39 is 0 Å². The first kappa shape index (κ1) is 12.8. The molecule has 1 aliphatic carbocycles. The summed E-state index contributed by atoms with van der Waals surface area (Å²) >= 11 is 0. The summed E-state index contributed by atoms with van der Waals surface area (Å²) in [6.45, 7) is 12.1. The van der Waals surface area contributed by atoms with Crippen molar-refractivity contribution in [2.75, 3.05) is 6.61 Å². The lowest BCUT2D eigenvalue weighted by molar-refractivity contribution is -0.0789. The maximum Gasteiger partial charge on any atom is 0.0689 e. The second-order valence-electron chi connectivity index (χ2n) is 6.02. The third-order valence-electron chi connectivity index (χ3n) is 3.70. The van der Waals surface area contributed by atoms with Crippen molar-refractivity contribution < 1.29 is 4.74 Å². The van der Waals surface area contributed by atoms with Crippen molar-refractivity contribution in [2.45, 2.75) is 59.5 Å². The van der Waals surface area contributed by atoms with Gasteiger partial charge in [-0.15, -0.1) is 0 Å². The highest BCUT2D eigenvalue weighted by Gasteiger charge is 2.31. The molecule has 1 unspecified atom stereocenters. The highest BCUT2D eigenvalue weighted by molar-refractivity contribution is 5.03. The second kappa shape index (κ2) is 4.69. The molecular formula is C14H26O. The quantitative estimate of drug-likeness (QED) is 0.618. The van der Waals surface area contributed by atoms with Crippen LogP contribution in [-0.2, 0) is 4.74 Å². The Bertz CT molecular complexity index is 225. The normalized spacial score (nSPS) is 22.3. The largest absolute Gasteiger partial charge is 0.374 e. The van der Waals surface area contributed by atoms with Crippen molar-refractivity contribution in [1.82, 2.24) is 0 Å². The van der Waals surface area contributed by atoms with E-state index in [1.54, 1.807) is 0 Å². The lowest BCUT2D eigenvalue weighted by Gasteiger charge is -2.35. The lowest BCUT2D eigenvalue weighted by atomic mass is 9.88. The minimum absolute atomic E-state index is 0.000556. The molecule has 15 heavy (non-hydrogen) atoms. The van der Waals surface area contributed by atoms with Crippen LogP contribution in [0.5, 0.6) is 0 Å². The molecule has 1 rings (SSSR count). The van der Waals surface area contributed by atoms with E-state index in [2.05, 4.69) is 46.8 Å². The van der Waals surface area contributed by atoms with E-state index in [1.165, 1.54) is 19.3 Å². The summed E-state index contributed by atoms with van der Waals surface area (Å²) in [6.07, 6.45) is 8.23. The van der Waals surface area contributed by atoms with Gasteiger partial charge in [-0.3, -0.25) is 0 Å². The number of hydrogen-bond donors (Lipinski definition) is 0. The zero-order valence-corrected chi connectivity index (χ0v) is 11.0. The monoisotopic (exact) mass is 210 g/mol. The summed E-state index contributed by atoms with van der Waals surface area (Å²) < 4.78 is 6.12. The number of allylic oxidation sites excluding steroid dienone is 1. The summed E-state index contributed by atoms with van der Waals surface area (Å²) in [5, 5.41) is 0. The van der Waals surface area contributed by atoms with E-state index in [0.717, 1.165) is 6.61 Å². The standard InChI is InChI=1S/C14H26O/c1-6-13(2,3)11-15-14(4,5)12-9-7-8-10-12/h7,9,12H,6,8,10-11H2,1-5H3. The summed E-state index contributed by atoms with van der Waals surface area (Å²) in [5.41, 5.74) is 0.305. The molecule has 0 fully saturated rings. The molecule has 0 radical (unpaired) electrons. The van der Waals surface area contributed by atoms with E-state index in [1.807, 2.05) is 0 Å². The number of rotatable bonds is 5. The van der Waals surface area contributed by atoms with Crippen LogP contribution in [0.2, 0.25) is 0 Å². The van der Waals surface area contributed by atoms with Crippen LogP contribution in [0, 0.1) is 11.3 Å². The van der Waals surface area contributed by atoms with Crippen LogP contribution in [-0.4, -0.2) is 12.2 Å². The van der Waals surface area contributed by atoms with Gasteiger partial charge in [-0.25, -0.2) is 0 Å². The smallest absolute Gasteiger partial charge is 0.0689 e. The van der Waals surface area contributed by atoms with Crippen molar-refractivity contribution in [2.24, 2.45) is 11.3 Å². The molecule has 0 heterocycles. The second-order valence-corrected chi connectivity index (χ2v) is 6.02. The van der Waals surface area contributed by atoms with Crippen molar-refractivity contribution in [1.29, 1.82) is 0 Å².